The van der Waals surface area contributed by atoms with Crippen molar-refractivity contribution in [1.82, 2.24) is 0 Å². The van der Waals surface area contributed by atoms with Gasteiger partial charge in [-0.15, -0.1) is 0 Å². The van der Waals surface area contributed by atoms with Crippen LogP contribution in [-0.4, -0.2) is 0 Å². The molecule has 0 amide bonds. The van der Waals surface area contributed by atoms with Crippen LogP contribution in [0.4, 0.5) is 17.1 Å². The summed E-state index contributed by atoms with van der Waals surface area (Å²) < 4.78 is 0. The van der Waals surface area contributed by atoms with Crippen LogP contribution in [0.3, 0.4) is 0 Å². The highest BCUT2D eigenvalue weighted by molar-refractivity contribution is 6.04. The van der Waals surface area contributed by atoms with E-state index in [-0.39, 0.29) is 0 Å². The highest BCUT2D eigenvalue weighted by atomic mass is 15.1. The second kappa shape index (κ2) is 8.80. The van der Waals surface area contributed by atoms with Crippen LogP contribution < -0.4 is 4.90 Å². The molecule has 0 saturated carbocycles. The molecule has 2 aliphatic carbocycles. The minimum absolute atomic E-state index is 0.409. The van der Waals surface area contributed by atoms with Crippen molar-refractivity contribution in [1.29, 1.82) is 0 Å². The Balaban J connectivity index is 1.41. The summed E-state index contributed by atoms with van der Waals surface area (Å²) in [6.45, 7) is 0. The lowest BCUT2D eigenvalue weighted by atomic mass is 9.69. The molecule has 7 aromatic carbocycles. The van der Waals surface area contributed by atoms with E-state index in [4.69, 9.17) is 0 Å². The molecule has 2 aliphatic rings. The molecule has 0 aromatic heterocycles. The summed E-state index contributed by atoms with van der Waals surface area (Å²) in [7, 11) is 0. The highest BCUT2D eigenvalue weighted by Crippen LogP contribution is 2.64. The topological polar surface area (TPSA) is 3.24 Å². The van der Waals surface area contributed by atoms with Crippen molar-refractivity contribution in [3.8, 4) is 22.3 Å². The lowest BCUT2D eigenvalue weighted by Gasteiger charge is -2.33. The number of fused-ring (bicyclic) bond motifs is 12. The van der Waals surface area contributed by atoms with Crippen molar-refractivity contribution < 1.29 is 0 Å². The lowest BCUT2D eigenvalue weighted by molar-refractivity contribution is 0.801. The van der Waals surface area contributed by atoms with Gasteiger partial charge in [0.2, 0.25) is 0 Å². The largest absolute Gasteiger partial charge is 0.310 e. The van der Waals surface area contributed by atoms with E-state index < -0.39 is 5.41 Å². The first-order chi connectivity index (χ1) is 20.9. The van der Waals surface area contributed by atoms with E-state index in [0.29, 0.717) is 0 Å². The summed E-state index contributed by atoms with van der Waals surface area (Å²) in [5.41, 5.74) is 13.8. The van der Waals surface area contributed by atoms with Gasteiger partial charge in [-0.3, -0.25) is 0 Å². The molecule has 196 valence electrons. The second-order valence-corrected chi connectivity index (χ2v) is 11.3. The van der Waals surface area contributed by atoms with Crippen molar-refractivity contribution in [3.63, 3.8) is 0 Å². The Bertz CT molecular complexity index is 2060. The quantitative estimate of drug-likeness (QED) is 0.218. The number of benzene rings is 7. The van der Waals surface area contributed by atoms with Crippen LogP contribution >= 0.6 is 0 Å². The van der Waals surface area contributed by atoms with Crippen molar-refractivity contribution in [2.45, 2.75) is 5.41 Å². The van der Waals surface area contributed by atoms with Crippen LogP contribution in [0.5, 0.6) is 0 Å². The molecule has 7 aromatic rings. The zero-order chi connectivity index (χ0) is 27.7. The number of nitrogens with zero attached hydrogens (tertiary/aromatic N) is 1. The molecule has 1 nitrogen and oxygen atoms in total. The Morgan fingerprint density at radius 3 is 1.55 bits per heavy atom. The summed E-state index contributed by atoms with van der Waals surface area (Å²) >= 11 is 0. The third kappa shape index (κ3) is 3.03. The summed E-state index contributed by atoms with van der Waals surface area (Å²) in [4.78, 5) is 2.38. The fourth-order valence-electron chi connectivity index (χ4n) is 7.65. The number of rotatable bonds is 3. The maximum Gasteiger partial charge on any atom is 0.0732 e. The molecule has 0 fully saturated rings. The third-order valence-electron chi connectivity index (χ3n) is 9.24. The Hall–Kier alpha value is -5.40. The molecule has 42 heavy (non-hydrogen) atoms. The molecule has 0 bridgehead atoms. The average molecular weight is 534 g/mol. The van der Waals surface area contributed by atoms with Crippen LogP contribution in [0.15, 0.2) is 164 Å². The zero-order valence-corrected chi connectivity index (χ0v) is 23.0. The molecule has 1 heteroatoms. The molecular weight excluding hydrogens is 506 g/mol. The van der Waals surface area contributed by atoms with E-state index in [1.165, 1.54) is 55.3 Å². The number of hydrogen-bond donors (Lipinski definition) is 0. The maximum atomic E-state index is 2.46. The van der Waals surface area contributed by atoms with E-state index in [0.717, 1.165) is 17.1 Å². The molecule has 0 radical (unpaired) electrons. The molecule has 9 rings (SSSR count). The van der Waals surface area contributed by atoms with Crippen molar-refractivity contribution in [2.24, 2.45) is 0 Å². The van der Waals surface area contributed by atoms with Crippen molar-refractivity contribution >= 4 is 27.8 Å². The first-order valence-electron chi connectivity index (χ1n) is 14.6. The Labute approximate surface area is 246 Å². The van der Waals surface area contributed by atoms with Crippen LogP contribution in [0.1, 0.15) is 22.3 Å². The van der Waals surface area contributed by atoms with E-state index >= 15 is 0 Å². The molecule has 0 N–H and O–H groups in total. The first kappa shape index (κ1) is 23.3. The number of anilines is 3. The molecule has 0 heterocycles. The second-order valence-electron chi connectivity index (χ2n) is 11.3. The first-order valence-corrected chi connectivity index (χ1v) is 14.6. The van der Waals surface area contributed by atoms with Gasteiger partial charge in [-0.05, 0) is 91.7 Å². The van der Waals surface area contributed by atoms with Gasteiger partial charge in [0.15, 0.2) is 0 Å². The summed E-state index contributed by atoms with van der Waals surface area (Å²) in [5.74, 6) is 0. The van der Waals surface area contributed by atoms with Crippen LogP contribution in [-0.2, 0) is 5.41 Å². The molecular formula is C41H27N. The average Bonchev–Trinajstić information content (AvgIpc) is 3.53. The number of para-hydroxylation sites is 2. The fraction of sp³-hybridized carbons (Fsp3) is 0.0244. The minimum Gasteiger partial charge on any atom is -0.310 e. The molecule has 0 aliphatic heterocycles. The molecule has 0 atom stereocenters. The predicted molar refractivity (Wildman–Crippen MR) is 175 cm³/mol. The SMILES string of the molecule is c1ccc(N(c2ccccc2)c2ccc3c(c2)C2(c4ccccc4-c4ccccc42)c2c-3ccc3ccccc23)cc1. The Morgan fingerprint density at radius 2 is 0.881 bits per heavy atom. The zero-order valence-electron chi connectivity index (χ0n) is 23.0. The third-order valence-corrected chi connectivity index (χ3v) is 9.24. The van der Waals surface area contributed by atoms with Gasteiger partial charge in [-0.2, -0.15) is 0 Å². The van der Waals surface area contributed by atoms with Crippen molar-refractivity contribution in [3.05, 3.63) is 186 Å². The van der Waals surface area contributed by atoms with E-state index in [1.807, 2.05) is 0 Å². The summed E-state index contributed by atoms with van der Waals surface area (Å²) in [6, 6.07) is 60.1. The fourth-order valence-corrected chi connectivity index (χ4v) is 7.65. The minimum atomic E-state index is -0.409. The molecule has 0 unspecified atom stereocenters. The van der Waals surface area contributed by atoms with Crippen molar-refractivity contribution in [2.75, 3.05) is 4.90 Å². The summed E-state index contributed by atoms with van der Waals surface area (Å²) in [6.07, 6.45) is 0. The monoisotopic (exact) mass is 533 g/mol. The van der Waals surface area contributed by atoms with E-state index in [9.17, 15) is 0 Å². The van der Waals surface area contributed by atoms with Gasteiger partial charge >= 0.3 is 0 Å². The highest BCUT2D eigenvalue weighted by Gasteiger charge is 2.52. The number of hydrogen-bond acceptors (Lipinski definition) is 1. The van der Waals surface area contributed by atoms with Gasteiger partial charge in [0.1, 0.15) is 0 Å². The Kier molecular flexibility index (Phi) is 4.88. The Morgan fingerprint density at radius 1 is 0.357 bits per heavy atom. The normalized spacial score (nSPS) is 13.4. The van der Waals surface area contributed by atoms with Gasteiger partial charge in [0.05, 0.1) is 5.41 Å². The van der Waals surface area contributed by atoms with E-state index in [2.05, 4.69) is 169 Å². The lowest BCUT2D eigenvalue weighted by Crippen LogP contribution is -2.26. The van der Waals surface area contributed by atoms with Gasteiger partial charge < -0.3 is 4.90 Å². The van der Waals surface area contributed by atoms with Crippen LogP contribution in [0.2, 0.25) is 0 Å². The molecule has 1 spiro atoms. The van der Waals surface area contributed by atoms with Gasteiger partial charge in [-0.25, -0.2) is 0 Å². The van der Waals surface area contributed by atoms with Gasteiger partial charge in [-0.1, -0.05) is 127 Å². The van der Waals surface area contributed by atoms with Gasteiger partial charge in [0, 0.05) is 17.1 Å². The summed E-state index contributed by atoms with van der Waals surface area (Å²) in [5, 5.41) is 2.60. The van der Waals surface area contributed by atoms with Gasteiger partial charge in [0.25, 0.3) is 0 Å². The van der Waals surface area contributed by atoms with Crippen LogP contribution in [0, 0.1) is 0 Å². The smallest absolute Gasteiger partial charge is 0.0732 e. The van der Waals surface area contributed by atoms with Crippen LogP contribution in [0.25, 0.3) is 33.0 Å². The standard InChI is InChI=1S/C41H27N/c1-3-14-29(15-4-1)42(30-16-5-2-6-17-30)31-24-26-35-36-25-23-28-13-7-8-18-32(28)40(36)41(39(35)27-31)37-21-11-9-19-33(37)34-20-10-12-22-38(34)41/h1-27H. The predicted octanol–water partition coefficient (Wildman–Crippen LogP) is 10.7. The maximum absolute atomic E-state index is 2.46. The molecule has 0 saturated heterocycles. The van der Waals surface area contributed by atoms with E-state index in [1.54, 1.807) is 0 Å².